The van der Waals surface area contributed by atoms with Gasteiger partial charge in [-0.25, -0.2) is 0 Å². The molecule has 3 nitrogen and oxygen atoms in total. The molecule has 0 atom stereocenters. The second-order valence-corrected chi connectivity index (χ2v) is 5.00. The van der Waals surface area contributed by atoms with E-state index in [0.29, 0.717) is 16.5 Å². The summed E-state index contributed by atoms with van der Waals surface area (Å²) in [6, 6.07) is 14.9. The molecular formula is C16H13ClN2O. The van der Waals surface area contributed by atoms with Crippen molar-refractivity contribution in [3.8, 4) is 11.5 Å². The molecule has 0 unspecified atom stereocenters. The van der Waals surface area contributed by atoms with Crippen LogP contribution >= 0.6 is 11.6 Å². The Bertz CT molecular complexity index is 787. The molecule has 0 aliphatic rings. The lowest BCUT2D eigenvalue weighted by molar-refractivity contribution is 0.490. The number of anilines is 1. The number of benzene rings is 2. The number of pyridine rings is 1. The Labute approximate surface area is 122 Å². The molecule has 100 valence electrons. The van der Waals surface area contributed by atoms with Gasteiger partial charge >= 0.3 is 0 Å². The Balaban J connectivity index is 2.13. The molecule has 0 aliphatic carbocycles. The fourth-order valence-corrected chi connectivity index (χ4v) is 2.23. The zero-order valence-corrected chi connectivity index (χ0v) is 11.7. The normalized spacial score (nSPS) is 10.7. The molecule has 0 spiro atoms. The van der Waals surface area contributed by atoms with Crippen LogP contribution in [-0.4, -0.2) is 4.98 Å². The first-order chi connectivity index (χ1) is 9.63. The van der Waals surface area contributed by atoms with Gasteiger partial charge in [-0.15, -0.1) is 0 Å². The number of hydrogen-bond acceptors (Lipinski definition) is 3. The second-order valence-electron chi connectivity index (χ2n) is 4.56. The number of nitrogens with two attached hydrogens (primary N) is 1. The number of halogens is 1. The van der Waals surface area contributed by atoms with Crippen molar-refractivity contribution in [1.82, 2.24) is 4.98 Å². The summed E-state index contributed by atoms with van der Waals surface area (Å²) in [6.45, 7) is 1.93. The van der Waals surface area contributed by atoms with Crippen LogP contribution in [0.5, 0.6) is 11.5 Å². The third-order valence-electron chi connectivity index (χ3n) is 3.00. The van der Waals surface area contributed by atoms with Gasteiger partial charge in [0.25, 0.3) is 0 Å². The summed E-state index contributed by atoms with van der Waals surface area (Å²) in [5.41, 5.74) is 8.25. The maximum absolute atomic E-state index is 5.98. The van der Waals surface area contributed by atoms with Gasteiger partial charge in [0.1, 0.15) is 5.75 Å². The average Bonchev–Trinajstić information content (AvgIpc) is 2.43. The van der Waals surface area contributed by atoms with Gasteiger partial charge in [0.15, 0.2) is 5.75 Å². The number of hydrogen-bond donors (Lipinski definition) is 1. The van der Waals surface area contributed by atoms with E-state index in [1.54, 1.807) is 18.2 Å². The zero-order chi connectivity index (χ0) is 14.1. The van der Waals surface area contributed by atoms with Crippen molar-refractivity contribution < 1.29 is 4.74 Å². The molecule has 4 heteroatoms. The average molecular weight is 285 g/mol. The molecule has 0 saturated heterocycles. The molecule has 1 aromatic heterocycles. The van der Waals surface area contributed by atoms with Gasteiger partial charge in [-0.3, -0.25) is 4.98 Å². The van der Waals surface area contributed by atoms with Gasteiger partial charge in [-0.2, -0.15) is 0 Å². The van der Waals surface area contributed by atoms with E-state index in [4.69, 9.17) is 22.1 Å². The van der Waals surface area contributed by atoms with E-state index < -0.39 is 0 Å². The highest BCUT2D eigenvalue weighted by molar-refractivity contribution is 6.30. The molecule has 0 aliphatic heterocycles. The highest BCUT2D eigenvalue weighted by Crippen LogP contribution is 2.34. The van der Waals surface area contributed by atoms with Crippen LogP contribution < -0.4 is 10.5 Å². The van der Waals surface area contributed by atoms with Gasteiger partial charge in [-0.05, 0) is 31.2 Å². The van der Waals surface area contributed by atoms with Gasteiger partial charge in [0, 0.05) is 28.2 Å². The van der Waals surface area contributed by atoms with Crippen LogP contribution in [0.3, 0.4) is 0 Å². The monoisotopic (exact) mass is 284 g/mol. The van der Waals surface area contributed by atoms with E-state index in [-0.39, 0.29) is 0 Å². The van der Waals surface area contributed by atoms with E-state index in [1.807, 2.05) is 37.3 Å². The number of aromatic nitrogens is 1. The van der Waals surface area contributed by atoms with Crippen molar-refractivity contribution in [1.29, 1.82) is 0 Å². The van der Waals surface area contributed by atoms with Crippen LogP contribution in [0.25, 0.3) is 10.9 Å². The third-order valence-corrected chi connectivity index (χ3v) is 3.24. The minimum atomic E-state index is 0.549. The SMILES string of the molecule is Cc1cc(Oc2cc(Cl)ccc2N)c2ccccc2n1. The van der Waals surface area contributed by atoms with E-state index in [2.05, 4.69) is 4.98 Å². The molecule has 2 N–H and O–H groups in total. The molecule has 0 radical (unpaired) electrons. The smallest absolute Gasteiger partial charge is 0.151 e. The Morgan fingerprint density at radius 3 is 2.70 bits per heavy atom. The second kappa shape index (κ2) is 5.02. The van der Waals surface area contributed by atoms with Gasteiger partial charge in [0.2, 0.25) is 0 Å². The highest BCUT2D eigenvalue weighted by Gasteiger charge is 2.08. The van der Waals surface area contributed by atoms with Crippen molar-refractivity contribution in [3.05, 3.63) is 59.2 Å². The number of nitrogens with zero attached hydrogens (tertiary/aromatic N) is 1. The standard InChI is InChI=1S/C16H13ClN2O/c1-10-8-15(12-4-2-3-5-14(12)19-10)20-16-9-11(17)6-7-13(16)18/h2-9H,18H2,1H3. The van der Waals surface area contributed by atoms with Crippen LogP contribution in [0.15, 0.2) is 48.5 Å². The Morgan fingerprint density at radius 2 is 1.85 bits per heavy atom. The lowest BCUT2D eigenvalue weighted by atomic mass is 10.2. The van der Waals surface area contributed by atoms with Crippen molar-refractivity contribution in [2.75, 3.05) is 5.73 Å². The molecule has 3 rings (SSSR count). The van der Waals surface area contributed by atoms with Crippen LogP contribution in [0.2, 0.25) is 5.02 Å². The predicted octanol–water partition coefficient (Wildman–Crippen LogP) is 4.57. The topological polar surface area (TPSA) is 48.1 Å². The summed E-state index contributed by atoms with van der Waals surface area (Å²) in [5, 5.41) is 1.53. The molecule has 0 fully saturated rings. The summed E-state index contributed by atoms with van der Waals surface area (Å²) in [7, 11) is 0. The molecule has 0 saturated carbocycles. The van der Waals surface area contributed by atoms with Crippen LogP contribution in [0.1, 0.15) is 5.69 Å². The van der Waals surface area contributed by atoms with Gasteiger partial charge in [0.05, 0.1) is 11.2 Å². The van der Waals surface area contributed by atoms with Gasteiger partial charge in [-0.1, -0.05) is 23.7 Å². The summed E-state index contributed by atoms with van der Waals surface area (Å²) in [6.07, 6.45) is 0. The number of rotatable bonds is 2. The van der Waals surface area contributed by atoms with Crippen molar-refractivity contribution >= 4 is 28.2 Å². The number of fused-ring (bicyclic) bond motifs is 1. The van der Waals surface area contributed by atoms with Crippen LogP contribution in [-0.2, 0) is 0 Å². The van der Waals surface area contributed by atoms with Crippen molar-refractivity contribution in [3.63, 3.8) is 0 Å². The first-order valence-electron chi connectivity index (χ1n) is 6.23. The Kier molecular flexibility index (Phi) is 3.20. The van der Waals surface area contributed by atoms with E-state index in [0.717, 1.165) is 22.3 Å². The lowest BCUT2D eigenvalue weighted by Gasteiger charge is -2.11. The number of aryl methyl sites for hydroxylation is 1. The molecule has 0 amide bonds. The first kappa shape index (κ1) is 12.8. The maximum Gasteiger partial charge on any atom is 0.151 e. The molecule has 20 heavy (non-hydrogen) atoms. The lowest BCUT2D eigenvalue weighted by Crippen LogP contribution is -1.94. The Morgan fingerprint density at radius 1 is 1.05 bits per heavy atom. The van der Waals surface area contributed by atoms with E-state index >= 15 is 0 Å². The molecule has 3 aromatic rings. The van der Waals surface area contributed by atoms with Gasteiger partial charge < -0.3 is 10.5 Å². The molecule has 0 bridgehead atoms. The highest BCUT2D eigenvalue weighted by atomic mass is 35.5. The minimum absolute atomic E-state index is 0.549. The Hall–Kier alpha value is -2.26. The number of nitrogen functional groups attached to an aromatic ring is 1. The van der Waals surface area contributed by atoms with E-state index in [1.165, 1.54) is 0 Å². The summed E-state index contributed by atoms with van der Waals surface area (Å²) < 4.78 is 5.93. The summed E-state index contributed by atoms with van der Waals surface area (Å²) in [5.74, 6) is 1.27. The van der Waals surface area contributed by atoms with Crippen LogP contribution in [0.4, 0.5) is 5.69 Å². The fourth-order valence-electron chi connectivity index (χ4n) is 2.07. The van der Waals surface area contributed by atoms with Crippen molar-refractivity contribution in [2.24, 2.45) is 0 Å². The minimum Gasteiger partial charge on any atom is -0.454 e. The number of para-hydroxylation sites is 1. The summed E-state index contributed by atoms with van der Waals surface area (Å²) >= 11 is 5.98. The first-order valence-corrected chi connectivity index (χ1v) is 6.60. The quantitative estimate of drug-likeness (QED) is 0.701. The molecule has 2 aromatic carbocycles. The largest absolute Gasteiger partial charge is 0.454 e. The molecular weight excluding hydrogens is 272 g/mol. The zero-order valence-electron chi connectivity index (χ0n) is 10.9. The maximum atomic E-state index is 5.98. The number of ether oxygens (including phenoxy) is 1. The van der Waals surface area contributed by atoms with Crippen molar-refractivity contribution in [2.45, 2.75) is 6.92 Å². The predicted molar refractivity (Wildman–Crippen MR) is 82.4 cm³/mol. The summed E-state index contributed by atoms with van der Waals surface area (Å²) in [4.78, 5) is 4.48. The molecule has 1 heterocycles. The third kappa shape index (κ3) is 2.40. The fraction of sp³-hybridized carbons (Fsp3) is 0.0625. The van der Waals surface area contributed by atoms with Crippen LogP contribution in [0, 0.1) is 6.92 Å². The van der Waals surface area contributed by atoms with E-state index in [9.17, 15) is 0 Å².